The molecule has 47 heavy (non-hydrogen) atoms. The van der Waals surface area contributed by atoms with E-state index in [2.05, 4.69) is 5.32 Å². The molecule has 0 aliphatic heterocycles. The summed E-state index contributed by atoms with van der Waals surface area (Å²) in [5.74, 6) is -0.911. The first-order chi connectivity index (χ1) is 22.3. The molecule has 0 aliphatic rings. The van der Waals surface area contributed by atoms with Gasteiger partial charge in [-0.3, -0.25) is 13.9 Å². The molecule has 0 unspecified atom stereocenters. The number of aryl methyl sites for hydroxylation is 3. The van der Waals surface area contributed by atoms with Crippen molar-refractivity contribution in [1.82, 2.24) is 10.2 Å². The molecular formula is C37H41Cl2N3O4S. The summed E-state index contributed by atoms with van der Waals surface area (Å²) in [6.07, 6.45) is 0.893. The SMILES string of the molecule is CC[C@H](C)NC(=O)[C@@H](Cc1ccccc1)N(Cc1ccc(Cl)cc1Cl)C(=O)CN(c1ccc(C)c(C)c1)S(=O)(=O)c1ccc(C)cc1. The molecule has 0 fully saturated rings. The van der Waals surface area contributed by atoms with Crippen molar-refractivity contribution >= 4 is 50.7 Å². The minimum atomic E-state index is -4.20. The van der Waals surface area contributed by atoms with Crippen LogP contribution in [0.3, 0.4) is 0 Å². The average molecular weight is 695 g/mol. The van der Waals surface area contributed by atoms with Crippen molar-refractivity contribution in [2.45, 2.75) is 71.0 Å². The van der Waals surface area contributed by atoms with Crippen molar-refractivity contribution in [3.63, 3.8) is 0 Å². The van der Waals surface area contributed by atoms with E-state index >= 15 is 0 Å². The van der Waals surface area contributed by atoms with E-state index in [9.17, 15) is 18.0 Å². The van der Waals surface area contributed by atoms with Crippen molar-refractivity contribution in [3.05, 3.63) is 129 Å². The number of hydrogen-bond acceptors (Lipinski definition) is 4. The van der Waals surface area contributed by atoms with Crippen LogP contribution in [0.25, 0.3) is 0 Å². The Morgan fingerprint density at radius 1 is 0.851 bits per heavy atom. The number of nitrogens with one attached hydrogen (secondary N) is 1. The van der Waals surface area contributed by atoms with Crippen LogP contribution in [0.5, 0.6) is 0 Å². The quantitative estimate of drug-likeness (QED) is 0.156. The van der Waals surface area contributed by atoms with Gasteiger partial charge in [0, 0.05) is 29.1 Å². The summed E-state index contributed by atoms with van der Waals surface area (Å²) >= 11 is 12.8. The number of halogens is 2. The Balaban J connectivity index is 1.85. The Bertz CT molecular complexity index is 1820. The van der Waals surface area contributed by atoms with Gasteiger partial charge in [-0.15, -0.1) is 0 Å². The summed E-state index contributed by atoms with van der Waals surface area (Å²) in [6, 6.07) is 25.0. The zero-order chi connectivity index (χ0) is 34.3. The molecule has 4 aromatic carbocycles. The molecular weight excluding hydrogens is 653 g/mol. The van der Waals surface area contributed by atoms with Crippen LogP contribution in [0.1, 0.15) is 48.1 Å². The van der Waals surface area contributed by atoms with Crippen molar-refractivity contribution in [2.75, 3.05) is 10.8 Å². The Morgan fingerprint density at radius 2 is 1.53 bits per heavy atom. The van der Waals surface area contributed by atoms with Gasteiger partial charge < -0.3 is 10.2 Å². The number of hydrogen-bond donors (Lipinski definition) is 1. The van der Waals surface area contributed by atoms with Crippen LogP contribution >= 0.6 is 23.2 Å². The number of anilines is 1. The number of benzene rings is 4. The van der Waals surface area contributed by atoms with E-state index in [1.807, 2.05) is 71.0 Å². The topological polar surface area (TPSA) is 86.8 Å². The van der Waals surface area contributed by atoms with Crippen LogP contribution in [-0.4, -0.2) is 43.8 Å². The lowest BCUT2D eigenvalue weighted by molar-refractivity contribution is -0.140. The summed E-state index contributed by atoms with van der Waals surface area (Å²) in [6.45, 7) is 8.96. The monoisotopic (exact) mass is 693 g/mol. The van der Waals surface area contributed by atoms with Gasteiger partial charge in [0.15, 0.2) is 0 Å². The maximum atomic E-state index is 14.7. The van der Waals surface area contributed by atoms with Gasteiger partial charge in [-0.1, -0.05) is 90.3 Å². The fourth-order valence-corrected chi connectivity index (χ4v) is 6.95. The Hall–Kier alpha value is -3.85. The molecule has 0 bridgehead atoms. The highest BCUT2D eigenvalue weighted by Crippen LogP contribution is 2.28. The molecule has 7 nitrogen and oxygen atoms in total. The van der Waals surface area contributed by atoms with Crippen molar-refractivity contribution < 1.29 is 18.0 Å². The Morgan fingerprint density at radius 3 is 2.15 bits per heavy atom. The van der Waals surface area contributed by atoms with Crippen molar-refractivity contribution in [1.29, 1.82) is 0 Å². The second-order valence-corrected chi connectivity index (χ2v) is 14.6. The fourth-order valence-electron chi connectivity index (χ4n) is 5.08. The van der Waals surface area contributed by atoms with Crippen molar-refractivity contribution in [2.24, 2.45) is 0 Å². The molecule has 0 aliphatic carbocycles. The molecule has 4 aromatic rings. The molecule has 0 spiro atoms. The van der Waals surface area contributed by atoms with Gasteiger partial charge in [0.25, 0.3) is 10.0 Å². The van der Waals surface area contributed by atoms with E-state index in [4.69, 9.17) is 23.2 Å². The lowest BCUT2D eigenvalue weighted by Crippen LogP contribution is -2.54. The van der Waals surface area contributed by atoms with Crippen LogP contribution < -0.4 is 9.62 Å². The molecule has 248 valence electrons. The summed E-state index contributed by atoms with van der Waals surface area (Å²) in [7, 11) is -4.20. The summed E-state index contributed by atoms with van der Waals surface area (Å²) in [5.41, 5.74) is 4.51. The Labute approximate surface area is 288 Å². The summed E-state index contributed by atoms with van der Waals surface area (Å²) < 4.78 is 29.7. The molecule has 0 saturated carbocycles. The Kier molecular flexibility index (Phi) is 12.1. The zero-order valence-electron chi connectivity index (χ0n) is 27.3. The molecule has 1 N–H and O–H groups in total. The van der Waals surface area contributed by atoms with Crippen LogP contribution in [0, 0.1) is 20.8 Å². The van der Waals surface area contributed by atoms with Crippen LogP contribution in [0.15, 0.2) is 95.9 Å². The van der Waals surface area contributed by atoms with Gasteiger partial charge in [-0.05, 0) is 92.8 Å². The fraction of sp³-hybridized carbons (Fsp3) is 0.297. The maximum Gasteiger partial charge on any atom is 0.264 e. The molecule has 10 heteroatoms. The number of rotatable bonds is 13. The first kappa shape index (κ1) is 36.0. The smallest absolute Gasteiger partial charge is 0.264 e. The number of carbonyl (C=O) groups excluding carboxylic acids is 2. The third-order valence-corrected chi connectivity index (χ3v) is 10.7. The van der Waals surface area contributed by atoms with E-state index in [0.29, 0.717) is 27.7 Å². The lowest BCUT2D eigenvalue weighted by atomic mass is 10.0. The molecule has 2 amide bonds. The van der Waals surface area contributed by atoms with Gasteiger partial charge >= 0.3 is 0 Å². The molecule has 2 atom stereocenters. The van der Waals surface area contributed by atoms with Gasteiger partial charge in [0.1, 0.15) is 12.6 Å². The first-order valence-corrected chi connectivity index (χ1v) is 17.7. The predicted octanol–water partition coefficient (Wildman–Crippen LogP) is 7.67. The largest absolute Gasteiger partial charge is 0.352 e. The number of sulfonamides is 1. The normalized spacial score (nSPS) is 12.7. The number of nitrogens with zero attached hydrogens (tertiary/aromatic N) is 2. The van der Waals surface area contributed by atoms with Gasteiger partial charge in [-0.25, -0.2) is 8.42 Å². The molecule has 0 radical (unpaired) electrons. The standard InChI is InChI=1S/C37H41Cl2N3O4S/c1-6-28(5)40-37(44)35(21-29-10-8-7-9-11-29)41(23-30-15-16-31(38)22-34(30)39)36(43)24-42(32-17-14-26(3)27(4)20-32)47(45,46)33-18-12-25(2)13-19-33/h7-20,22,28,35H,6,21,23-24H2,1-5H3,(H,40,44)/t28-,35+/m0/s1. The van der Waals surface area contributed by atoms with Crippen LogP contribution in [0.2, 0.25) is 10.0 Å². The third kappa shape index (κ3) is 9.15. The second kappa shape index (κ2) is 15.8. The predicted molar refractivity (Wildman–Crippen MR) is 190 cm³/mol. The molecule has 4 rings (SSSR count). The first-order valence-electron chi connectivity index (χ1n) is 15.5. The van der Waals surface area contributed by atoms with E-state index < -0.39 is 28.5 Å². The van der Waals surface area contributed by atoms with E-state index in [1.54, 1.807) is 42.5 Å². The van der Waals surface area contributed by atoms with Crippen LogP contribution in [-0.2, 0) is 32.6 Å². The third-order valence-electron chi connectivity index (χ3n) is 8.29. The molecule has 0 aromatic heterocycles. The number of carbonyl (C=O) groups is 2. The minimum Gasteiger partial charge on any atom is -0.352 e. The average Bonchev–Trinajstić information content (AvgIpc) is 3.04. The minimum absolute atomic E-state index is 0.0500. The highest BCUT2D eigenvalue weighted by molar-refractivity contribution is 7.92. The van der Waals surface area contributed by atoms with Gasteiger partial charge in [-0.2, -0.15) is 0 Å². The van der Waals surface area contributed by atoms with Crippen molar-refractivity contribution in [3.8, 4) is 0 Å². The van der Waals surface area contributed by atoms with E-state index in [1.165, 1.54) is 17.0 Å². The van der Waals surface area contributed by atoms with Gasteiger partial charge in [0.2, 0.25) is 11.8 Å². The lowest BCUT2D eigenvalue weighted by Gasteiger charge is -2.34. The van der Waals surface area contributed by atoms with E-state index in [-0.39, 0.29) is 29.8 Å². The van der Waals surface area contributed by atoms with E-state index in [0.717, 1.165) is 26.6 Å². The van der Waals surface area contributed by atoms with Gasteiger partial charge in [0.05, 0.1) is 10.6 Å². The number of amides is 2. The second-order valence-electron chi connectivity index (χ2n) is 11.9. The zero-order valence-corrected chi connectivity index (χ0v) is 29.7. The summed E-state index contributed by atoms with van der Waals surface area (Å²) in [4.78, 5) is 30.1. The highest BCUT2D eigenvalue weighted by Gasteiger charge is 2.35. The highest BCUT2D eigenvalue weighted by atomic mass is 35.5. The molecule has 0 heterocycles. The van der Waals surface area contributed by atoms with Crippen LogP contribution in [0.4, 0.5) is 5.69 Å². The molecule has 0 saturated heterocycles. The summed E-state index contributed by atoms with van der Waals surface area (Å²) in [5, 5.41) is 3.79. The maximum absolute atomic E-state index is 14.7.